The van der Waals surface area contributed by atoms with E-state index in [1.807, 2.05) is 0 Å². The molecule has 7 heteroatoms. The summed E-state index contributed by atoms with van der Waals surface area (Å²) in [5.41, 5.74) is 0.0635. The minimum atomic E-state index is -3.39. The van der Waals surface area contributed by atoms with Crippen molar-refractivity contribution in [3.05, 3.63) is 22.1 Å². The van der Waals surface area contributed by atoms with E-state index in [4.69, 9.17) is 0 Å². The minimum absolute atomic E-state index is 0.0625. The lowest BCUT2D eigenvalue weighted by molar-refractivity contribution is 0.606. The van der Waals surface area contributed by atoms with Crippen molar-refractivity contribution in [2.24, 2.45) is 0 Å². The highest BCUT2D eigenvalue weighted by Crippen LogP contribution is 1.97. The van der Waals surface area contributed by atoms with Crippen molar-refractivity contribution in [3.8, 4) is 0 Å². The summed E-state index contributed by atoms with van der Waals surface area (Å²) in [6.45, 7) is 1.60. The zero-order valence-corrected chi connectivity index (χ0v) is 7.97. The van der Waals surface area contributed by atoms with Crippen LogP contribution in [-0.2, 0) is 10.0 Å². The molecular formula is C6H9N3O3S. The number of hydrogen-bond acceptors (Lipinski definition) is 4. The summed E-state index contributed by atoms with van der Waals surface area (Å²) >= 11 is 0. The molecule has 0 aromatic carbocycles. The molecule has 0 amide bonds. The molecule has 13 heavy (non-hydrogen) atoms. The van der Waals surface area contributed by atoms with E-state index in [1.165, 1.54) is 6.07 Å². The smallest absolute Gasteiger partial charge is 0.252 e. The number of aryl methyl sites for hydroxylation is 1. The number of H-pyrrole nitrogens is 1. The lowest BCUT2D eigenvalue weighted by Gasteiger charge is -2.01. The van der Waals surface area contributed by atoms with Crippen LogP contribution in [-0.4, -0.2) is 24.6 Å². The molecule has 0 spiro atoms. The SMILES string of the molecule is Cc1cc(=O)[nH]c(NS(C)(=O)=O)n1. The van der Waals surface area contributed by atoms with Crippen LogP contribution in [0.2, 0.25) is 0 Å². The number of aromatic amines is 1. The van der Waals surface area contributed by atoms with Crippen molar-refractivity contribution >= 4 is 16.0 Å². The Morgan fingerprint density at radius 2 is 2.15 bits per heavy atom. The van der Waals surface area contributed by atoms with Crippen LogP contribution in [0.25, 0.3) is 0 Å². The van der Waals surface area contributed by atoms with Gasteiger partial charge in [-0.1, -0.05) is 0 Å². The summed E-state index contributed by atoms with van der Waals surface area (Å²) in [4.78, 5) is 16.9. The molecule has 0 atom stereocenters. The van der Waals surface area contributed by atoms with Gasteiger partial charge >= 0.3 is 0 Å². The van der Waals surface area contributed by atoms with Crippen molar-refractivity contribution in [3.63, 3.8) is 0 Å². The number of hydrogen-bond donors (Lipinski definition) is 2. The van der Waals surface area contributed by atoms with Crippen LogP contribution >= 0.6 is 0 Å². The second kappa shape index (κ2) is 3.17. The summed E-state index contributed by atoms with van der Waals surface area (Å²) in [6.07, 6.45) is 0.981. The maximum Gasteiger partial charge on any atom is 0.252 e. The lowest BCUT2D eigenvalue weighted by Crippen LogP contribution is -2.17. The Balaban J connectivity index is 3.10. The van der Waals surface area contributed by atoms with Gasteiger partial charge in [0.15, 0.2) is 0 Å². The molecule has 1 heterocycles. The van der Waals surface area contributed by atoms with Gasteiger partial charge in [0.2, 0.25) is 16.0 Å². The average molecular weight is 203 g/mol. The number of nitrogens with zero attached hydrogens (tertiary/aromatic N) is 1. The standard InChI is InChI=1S/C6H9N3O3S/c1-4-3-5(10)8-6(7-4)9-13(2,11)12/h3H,1-2H3,(H2,7,8,9,10). The third kappa shape index (κ3) is 3.24. The van der Waals surface area contributed by atoms with Gasteiger partial charge in [-0.15, -0.1) is 0 Å². The van der Waals surface area contributed by atoms with Gasteiger partial charge in [-0.05, 0) is 6.92 Å². The first kappa shape index (κ1) is 9.72. The van der Waals surface area contributed by atoms with Crippen molar-refractivity contribution in [2.45, 2.75) is 6.92 Å². The van der Waals surface area contributed by atoms with Gasteiger partial charge in [0.05, 0.1) is 6.26 Å². The maximum absolute atomic E-state index is 10.9. The average Bonchev–Trinajstić information content (AvgIpc) is 1.78. The molecule has 0 bridgehead atoms. The van der Waals surface area contributed by atoms with E-state index < -0.39 is 15.6 Å². The van der Waals surface area contributed by atoms with Gasteiger partial charge in [0.25, 0.3) is 5.56 Å². The summed E-state index contributed by atoms with van der Waals surface area (Å²) < 4.78 is 23.6. The molecule has 0 radical (unpaired) electrons. The highest BCUT2D eigenvalue weighted by molar-refractivity contribution is 7.91. The molecule has 72 valence electrons. The van der Waals surface area contributed by atoms with Crippen molar-refractivity contribution < 1.29 is 8.42 Å². The van der Waals surface area contributed by atoms with E-state index in [-0.39, 0.29) is 5.95 Å². The monoisotopic (exact) mass is 203 g/mol. The fourth-order valence-corrected chi connectivity index (χ4v) is 1.25. The van der Waals surface area contributed by atoms with Gasteiger partial charge in [0, 0.05) is 11.8 Å². The van der Waals surface area contributed by atoms with E-state index in [0.29, 0.717) is 5.69 Å². The molecule has 2 N–H and O–H groups in total. The second-order valence-electron chi connectivity index (χ2n) is 2.61. The first-order chi connectivity index (χ1) is 5.87. The summed E-state index contributed by atoms with van der Waals surface area (Å²) in [6, 6.07) is 1.27. The number of nitrogens with one attached hydrogen (secondary N) is 2. The van der Waals surface area contributed by atoms with Crippen LogP contribution in [0, 0.1) is 6.92 Å². The van der Waals surface area contributed by atoms with E-state index in [9.17, 15) is 13.2 Å². The number of sulfonamides is 1. The first-order valence-corrected chi connectivity index (χ1v) is 5.32. The predicted molar refractivity (Wildman–Crippen MR) is 48.1 cm³/mol. The zero-order chi connectivity index (χ0) is 10.1. The molecule has 0 unspecified atom stereocenters. The Morgan fingerprint density at radius 1 is 1.54 bits per heavy atom. The minimum Gasteiger partial charge on any atom is -0.292 e. The summed E-state index contributed by atoms with van der Waals surface area (Å²) in [7, 11) is -3.39. The van der Waals surface area contributed by atoms with Crippen molar-refractivity contribution in [1.82, 2.24) is 9.97 Å². The van der Waals surface area contributed by atoms with E-state index in [1.54, 1.807) is 6.92 Å². The van der Waals surface area contributed by atoms with E-state index in [0.717, 1.165) is 6.26 Å². The van der Waals surface area contributed by atoms with Gasteiger partial charge in [-0.3, -0.25) is 14.5 Å². The largest absolute Gasteiger partial charge is 0.292 e. The second-order valence-corrected chi connectivity index (χ2v) is 4.36. The number of aromatic nitrogens is 2. The fourth-order valence-electron chi connectivity index (χ4n) is 0.803. The molecule has 0 saturated carbocycles. The topological polar surface area (TPSA) is 91.9 Å². The van der Waals surface area contributed by atoms with Crippen LogP contribution in [0.4, 0.5) is 5.95 Å². The van der Waals surface area contributed by atoms with Crippen molar-refractivity contribution in [2.75, 3.05) is 11.0 Å². The molecule has 1 rings (SSSR count). The maximum atomic E-state index is 10.9. The fraction of sp³-hybridized carbons (Fsp3) is 0.333. The number of rotatable bonds is 2. The quantitative estimate of drug-likeness (QED) is 0.674. The molecule has 0 aliphatic rings. The Labute approximate surface area is 75.1 Å². The highest BCUT2D eigenvalue weighted by Gasteiger charge is 2.03. The molecule has 0 fully saturated rings. The highest BCUT2D eigenvalue weighted by atomic mass is 32.2. The summed E-state index contributed by atoms with van der Waals surface area (Å²) in [5.74, 6) is -0.0625. The molecular weight excluding hydrogens is 194 g/mol. The first-order valence-electron chi connectivity index (χ1n) is 3.42. The Hall–Kier alpha value is -1.37. The normalized spacial score (nSPS) is 11.2. The van der Waals surface area contributed by atoms with Gasteiger partial charge in [-0.2, -0.15) is 0 Å². The Morgan fingerprint density at radius 3 is 2.62 bits per heavy atom. The third-order valence-corrected chi connectivity index (χ3v) is 1.72. The van der Waals surface area contributed by atoms with Gasteiger partial charge < -0.3 is 0 Å². The van der Waals surface area contributed by atoms with Crippen molar-refractivity contribution in [1.29, 1.82) is 0 Å². The molecule has 0 aliphatic heterocycles. The number of anilines is 1. The Bertz CT molecular complexity index is 462. The predicted octanol–water partition coefficient (Wildman–Crippen LogP) is -0.550. The van der Waals surface area contributed by atoms with E-state index in [2.05, 4.69) is 14.7 Å². The van der Waals surface area contributed by atoms with Gasteiger partial charge in [-0.25, -0.2) is 13.4 Å². The molecule has 1 aromatic heterocycles. The van der Waals surface area contributed by atoms with Crippen LogP contribution in [0.1, 0.15) is 5.69 Å². The van der Waals surface area contributed by atoms with Crippen LogP contribution in [0.5, 0.6) is 0 Å². The lowest BCUT2D eigenvalue weighted by atomic mass is 10.5. The van der Waals surface area contributed by atoms with Crippen LogP contribution in [0.3, 0.4) is 0 Å². The van der Waals surface area contributed by atoms with E-state index >= 15 is 0 Å². The van der Waals surface area contributed by atoms with Gasteiger partial charge in [0.1, 0.15) is 0 Å². The third-order valence-electron chi connectivity index (χ3n) is 1.15. The van der Waals surface area contributed by atoms with Crippen LogP contribution in [0.15, 0.2) is 10.9 Å². The molecule has 6 nitrogen and oxygen atoms in total. The molecule has 1 aromatic rings. The Kier molecular flexibility index (Phi) is 2.37. The molecule has 0 saturated heterocycles. The summed E-state index contributed by atoms with van der Waals surface area (Å²) in [5, 5.41) is 0. The molecule has 0 aliphatic carbocycles. The zero-order valence-electron chi connectivity index (χ0n) is 7.16. The van der Waals surface area contributed by atoms with Crippen LogP contribution < -0.4 is 10.3 Å².